The Morgan fingerprint density at radius 1 is 1.41 bits per heavy atom. The molecule has 0 spiro atoms. The van der Waals surface area contributed by atoms with Crippen LogP contribution in [-0.4, -0.2) is 19.3 Å². The van der Waals surface area contributed by atoms with Crippen LogP contribution in [0.3, 0.4) is 0 Å². The molecule has 3 nitrogen and oxygen atoms in total. The fourth-order valence-electron chi connectivity index (χ4n) is 1.59. The van der Waals surface area contributed by atoms with Gasteiger partial charge >= 0.3 is 0 Å². The third-order valence-electron chi connectivity index (χ3n) is 3.61. The zero-order chi connectivity index (χ0) is 13.3. The van der Waals surface area contributed by atoms with Crippen molar-refractivity contribution in [1.82, 2.24) is 0 Å². The molecular formula is C13H22N2OSi. The fourth-order valence-corrected chi connectivity index (χ4v) is 2.22. The van der Waals surface area contributed by atoms with Gasteiger partial charge in [-0.15, -0.1) is 0 Å². The Morgan fingerprint density at radius 2 is 2.00 bits per heavy atom. The molecule has 0 bridgehead atoms. The minimum atomic E-state index is -2.20. The van der Waals surface area contributed by atoms with Crippen molar-refractivity contribution in [2.75, 3.05) is 5.73 Å². The van der Waals surface area contributed by atoms with Crippen LogP contribution in [0.4, 0.5) is 5.69 Å². The molecule has 4 heteroatoms. The molecular weight excluding hydrogens is 228 g/mol. The highest BCUT2D eigenvalue weighted by Crippen LogP contribution is 2.38. The minimum absolute atomic E-state index is 0.0948. The summed E-state index contributed by atoms with van der Waals surface area (Å²) in [4.78, 5) is 10.3. The van der Waals surface area contributed by atoms with E-state index < -0.39 is 8.32 Å². The van der Waals surface area contributed by atoms with E-state index >= 15 is 0 Å². The van der Waals surface area contributed by atoms with Crippen molar-refractivity contribution in [3.63, 3.8) is 0 Å². The van der Waals surface area contributed by atoms with Crippen LogP contribution in [-0.2, 0) is 6.42 Å². The summed E-state index contributed by atoms with van der Waals surface area (Å²) < 4.78 is 0. The average Bonchev–Trinajstić information content (AvgIpc) is 2.19. The summed E-state index contributed by atoms with van der Waals surface area (Å²) in [5, 5.41) is 7.19. The lowest BCUT2D eigenvalue weighted by molar-refractivity contribution is 0.467. The molecule has 0 aromatic heterocycles. The molecule has 0 saturated carbocycles. The Morgan fingerprint density at radius 3 is 2.47 bits per heavy atom. The number of rotatable bonds is 4. The third kappa shape index (κ3) is 3.17. The second-order valence-electron chi connectivity index (χ2n) is 5.73. The lowest BCUT2D eigenvalue weighted by Gasteiger charge is -2.35. The van der Waals surface area contributed by atoms with Gasteiger partial charge in [-0.25, -0.2) is 0 Å². The van der Waals surface area contributed by atoms with E-state index in [1.165, 1.54) is 6.21 Å². The average molecular weight is 250 g/mol. The highest BCUT2D eigenvalue weighted by Gasteiger charge is 2.37. The smallest absolute Gasteiger partial charge is 0.188 e. The van der Waals surface area contributed by atoms with Crippen molar-refractivity contribution in [1.29, 1.82) is 5.41 Å². The number of nitrogens with two attached hydrogens (primary N) is 1. The Labute approximate surface area is 104 Å². The molecule has 0 saturated heterocycles. The van der Waals surface area contributed by atoms with Crippen molar-refractivity contribution < 1.29 is 4.80 Å². The summed E-state index contributed by atoms with van der Waals surface area (Å²) in [6.07, 6.45) is 2.08. The number of anilines is 1. The first-order valence-corrected chi connectivity index (χ1v) is 8.73. The van der Waals surface area contributed by atoms with Gasteiger partial charge in [0.15, 0.2) is 8.32 Å². The van der Waals surface area contributed by atoms with Crippen LogP contribution in [0, 0.1) is 5.41 Å². The summed E-state index contributed by atoms with van der Waals surface area (Å²) in [7, 11) is -2.20. The Hall–Kier alpha value is -1.13. The maximum absolute atomic E-state index is 10.3. The molecule has 0 aliphatic heterocycles. The van der Waals surface area contributed by atoms with E-state index in [9.17, 15) is 4.80 Å². The largest absolute Gasteiger partial charge is 0.432 e. The van der Waals surface area contributed by atoms with Crippen molar-refractivity contribution in [3.05, 3.63) is 29.3 Å². The molecule has 0 radical (unpaired) electrons. The van der Waals surface area contributed by atoms with Crippen LogP contribution in [0.2, 0.25) is 18.1 Å². The lowest BCUT2D eigenvalue weighted by Crippen LogP contribution is -2.40. The molecule has 0 unspecified atom stereocenters. The minimum Gasteiger partial charge on any atom is -0.432 e. The van der Waals surface area contributed by atoms with Crippen LogP contribution in [0.25, 0.3) is 0 Å². The second kappa shape index (κ2) is 4.62. The normalized spacial score (nSPS) is 12.5. The molecule has 4 N–H and O–H groups in total. The van der Waals surface area contributed by atoms with E-state index in [-0.39, 0.29) is 5.04 Å². The quantitative estimate of drug-likeness (QED) is 0.437. The molecule has 17 heavy (non-hydrogen) atoms. The van der Waals surface area contributed by atoms with Crippen LogP contribution in [0.15, 0.2) is 18.2 Å². The first-order chi connectivity index (χ1) is 7.67. The maximum atomic E-state index is 10.3. The fraction of sp³-hybridized carbons (Fsp3) is 0.462. The van der Waals surface area contributed by atoms with Crippen LogP contribution < -0.4 is 5.73 Å². The Bertz CT molecular complexity index is 422. The topological polar surface area (TPSA) is 70.1 Å². The molecule has 0 heterocycles. The predicted octanol–water partition coefficient (Wildman–Crippen LogP) is 2.79. The van der Waals surface area contributed by atoms with Gasteiger partial charge in [0.05, 0.1) is 0 Å². The zero-order valence-corrected chi connectivity index (χ0v) is 12.0. The molecule has 1 aromatic rings. The number of nitrogen functional groups attached to an aromatic ring is 1. The SMILES string of the molecule is CC(C)(Cc1ccc(N)c(C=N)c1)[Si](C)(C)O. The summed E-state index contributed by atoms with van der Waals surface area (Å²) in [6, 6.07) is 5.74. The summed E-state index contributed by atoms with van der Waals surface area (Å²) in [5.74, 6) is 0. The first kappa shape index (κ1) is 13.9. The zero-order valence-electron chi connectivity index (χ0n) is 11.0. The van der Waals surface area contributed by atoms with Gasteiger partial charge in [0.2, 0.25) is 0 Å². The second-order valence-corrected chi connectivity index (χ2v) is 10.2. The highest BCUT2D eigenvalue weighted by atomic mass is 28.4. The summed E-state index contributed by atoms with van der Waals surface area (Å²) in [5.41, 5.74) is 8.25. The number of hydrogen-bond donors (Lipinski definition) is 3. The molecule has 1 aromatic carbocycles. The van der Waals surface area contributed by atoms with Crippen molar-refractivity contribution in [3.8, 4) is 0 Å². The molecule has 0 atom stereocenters. The first-order valence-electron chi connectivity index (χ1n) is 5.78. The van der Waals surface area contributed by atoms with E-state index in [2.05, 4.69) is 13.8 Å². The van der Waals surface area contributed by atoms with E-state index in [0.717, 1.165) is 17.5 Å². The van der Waals surface area contributed by atoms with Gasteiger partial charge in [-0.3, -0.25) is 0 Å². The maximum Gasteiger partial charge on any atom is 0.188 e. The van der Waals surface area contributed by atoms with E-state index in [4.69, 9.17) is 11.1 Å². The third-order valence-corrected chi connectivity index (χ3v) is 7.10. The predicted molar refractivity (Wildman–Crippen MR) is 76.2 cm³/mol. The summed E-state index contributed by atoms with van der Waals surface area (Å²) in [6.45, 7) is 8.11. The van der Waals surface area contributed by atoms with E-state index in [1.54, 1.807) is 0 Å². The van der Waals surface area contributed by atoms with Gasteiger partial charge in [0.25, 0.3) is 0 Å². The molecule has 0 amide bonds. The number of benzene rings is 1. The van der Waals surface area contributed by atoms with Gasteiger partial charge in [0, 0.05) is 17.5 Å². The van der Waals surface area contributed by atoms with Crippen LogP contribution in [0.1, 0.15) is 25.0 Å². The van der Waals surface area contributed by atoms with Crippen molar-refractivity contribution in [2.45, 2.75) is 38.4 Å². The standard InChI is InChI=1S/C13H22N2OSi/c1-13(2,17(3,4)16)8-10-5-6-12(15)11(7-10)9-14/h5-7,9,14,16H,8,15H2,1-4H3. The van der Waals surface area contributed by atoms with Gasteiger partial charge in [-0.2, -0.15) is 0 Å². The van der Waals surface area contributed by atoms with Crippen LogP contribution >= 0.6 is 0 Å². The van der Waals surface area contributed by atoms with Crippen molar-refractivity contribution >= 4 is 20.2 Å². The van der Waals surface area contributed by atoms with Gasteiger partial charge in [-0.05, 0) is 42.2 Å². The van der Waals surface area contributed by atoms with E-state index in [0.29, 0.717) is 5.69 Å². The molecule has 94 valence electrons. The highest BCUT2D eigenvalue weighted by molar-refractivity contribution is 6.72. The van der Waals surface area contributed by atoms with Gasteiger partial charge < -0.3 is 15.9 Å². The van der Waals surface area contributed by atoms with Crippen molar-refractivity contribution in [2.24, 2.45) is 0 Å². The van der Waals surface area contributed by atoms with Gasteiger partial charge in [-0.1, -0.05) is 19.9 Å². The molecule has 1 rings (SSSR count). The Balaban J connectivity index is 3.00. The Kier molecular flexibility index (Phi) is 3.79. The molecule has 0 fully saturated rings. The van der Waals surface area contributed by atoms with Crippen LogP contribution in [0.5, 0.6) is 0 Å². The molecule has 0 aliphatic carbocycles. The monoisotopic (exact) mass is 250 g/mol. The van der Waals surface area contributed by atoms with Gasteiger partial charge in [0.1, 0.15) is 0 Å². The number of nitrogens with one attached hydrogen (secondary N) is 1. The summed E-state index contributed by atoms with van der Waals surface area (Å²) >= 11 is 0. The van der Waals surface area contributed by atoms with E-state index in [1.807, 2.05) is 31.3 Å². The lowest BCUT2D eigenvalue weighted by atomic mass is 9.99. The molecule has 0 aliphatic rings. The number of hydrogen-bond acceptors (Lipinski definition) is 3.